The molecule has 6 heteroatoms. The predicted molar refractivity (Wildman–Crippen MR) is 68.8 cm³/mol. The number of thioether (sulfide) groups is 1. The number of hydrogen-bond acceptors (Lipinski definition) is 3. The number of nitrogens with zero attached hydrogens (tertiary/aromatic N) is 1. The second-order valence-corrected chi connectivity index (χ2v) is 6.99. The van der Waals surface area contributed by atoms with E-state index < -0.39 is 10.0 Å². The van der Waals surface area contributed by atoms with Gasteiger partial charge in [-0.05, 0) is 24.3 Å². The van der Waals surface area contributed by atoms with Gasteiger partial charge in [0.1, 0.15) is 0 Å². The Balaban J connectivity index is 2.87. The monoisotopic (exact) mass is 279 g/mol. The van der Waals surface area contributed by atoms with Gasteiger partial charge in [0, 0.05) is 30.6 Å². The molecule has 0 N–H and O–H groups in total. The minimum atomic E-state index is -3.32. The molecule has 0 aliphatic carbocycles. The molecule has 0 amide bonds. The van der Waals surface area contributed by atoms with Crippen LogP contribution in [0.25, 0.3) is 0 Å². The summed E-state index contributed by atoms with van der Waals surface area (Å²) in [5.41, 5.74) is 0. The van der Waals surface area contributed by atoms with Crippen molar-refractivity contribution in [1.82, 2.24) is 4.31 Å². The van der Waals surface area contributed by atoms with E-state index in [0.29, 0.717) is 10.8 Å². The fraction of sp³-hybridized carbons (Fsp3) is 0.400. The maximum atomic E-state index is 11.8. The molecule has 0 aromatic heterocycles. The average molecular weight is 280 g/mol. The molecule has 0 unspecified atom stereocenters. The molecule has 1 aromatic rings. The Morgan fingerprint density at radius 1 is 1.25 bits per heavy atom. The molecule has 0 saturated heterocycles. The summed E-state index contributed by atoms with van der Waals surface area (Å²) in [5.74, 6) is 1.41. The molecule has 1 rings (SSSR count). The summed E-state index contributed by atoms with van der Waals surface area (Å²) in [6.07, 6.45) is 0. The second-order valence-electron chi connectivity index (χ2n) is 3.30. The molecular formula is C10H14ClNO2S2. The number of benzene rings is 1. The zero-order valence-corrected chi connectivity index (χ0v) is 11.6. The van der Waals surface area contributed by atoms with Crippen molar-refractivity contribution in [1.29, 1.82) is 0 Å². The first-order valence-corrected chi connectivity index (χ1v) is 7.66. The summed E-state index contributed by atoms with van der Waals surface area (Å²) in [7, 11) is -0.277. The van der Waals surface area contributed by atoms with E-state index >= 15 is 0 Å². The van der Waals surface area contributed by atoms with Gasteiger partial charge in [-0.25, -0.2) is 12.7 Å². The third-order valence-corrected chi connectivity index (χ3v) is 5.20. The Bertz CT molecular complexity index is 429. The van der Waals surface area contributed by atoms with E-state index in [-0.39, 0.29) is 0 Å². The molecule has 0 aliphatic rings. The van der Waals surface area contributed by atoms with Gasteiger partial charge in [-0.15, -0.1) is 23.4 Å². The third-order valence-electron chi connectivity index (χ3n) is 1.95. The lowest BCUT2D eigenvalue weighted by Crippen LogP contribution is -2.22. The van der Waals surface area contributed by atoms with Crippen molar-refractivity contribution in [2.24, 2.45) is 0 Å². The molecule has 0 radical (unpaired) electrons. The first-order chi connectivity index (χ1) is 7.48. The Hall–Kier alpha value is -0.230. The van der Waals surface area contributed by atoms with Crippen molar-refractivity contribution in [3.05, 3.63) is 24.3 Å². The van der Waals surface area contributed by atoms with Gasteiger partial charge in [0.2, 0.25) is 10.0 Å². The van der Waals surface area contributed by atoms with Crippen LogP contribution in [0.2, 0.25) is 0 Å². The first-order valence-electron chi connectivity index (χ1n) is 4.70. The van der Waals surface area contributed by atoms with Crippen LogP contribution in [-0.2, 0) is 10.0 Å². The van der Waals surface area contributed by atoms with Gasteiger partial charge in [0.05, 0.1) is 4.90 Å². The largest absolute Gasteiger partial charge is 0.242 e. The SMILES string of the molecule is CN(C)S(=O)(=O)c1ccc(SCCCl)cc1. The van der Waals surface area contributed by atoms with Crippen LogP contribution < -0.4 is 0 Å². The Kier molecular flexibility index (Phi) is 5.11. The zero-order valence-electron chi connectivity index (χ0n) is 9.18. The third kappa shape index (κ3) is 3.38. The molecule has 3 nitrogen and oxygen atoms in total. The summed E-state index contributed by atoms with van der Waals surface area (Å²) in [4.78, 5) is 1.34. The molecule has 0 aliphatic heterocycles. The van der Waals surface area contributed by atoms with Crippen LogP contribution in [0.15, 0.2) is 34.1 Å². The summed E-state index contributed by atoms with van der Waals surface area (Å²) < 4.78 is 24.7. The number of sulfonamides is 1. The van der Waals surface area contributed by atoms with E-state index in [1.807, 2.05) is 0 Å². The summed E-state index contributed by atoms with van der Waals surface area (Å²) in [6.45, 7) is 0. The van der Waals surface area contributed by atoms with Gasteiger partial charge in [-0.1, -0.05) is 0 Å². The van der Waals surface area contributed by atoms with Crippen molar-refractivity contribution >= 4 is 33.4 Å². The van der Waals surface area contributed by atoms with E-state index in [1.165, 1.54) is 18.4 Å². The maximum Gasteiger partial charge on any atom is 0.242 e. The van der Waals surface area contributed by atoms with Crippen LogP contribution in [0.3, 0.4) is 0 Å². The van der Waals surface area contributed by atoms with Crippen molar-refractivity contribution in [3.63, 3.8) is 0 Å². The molecule has 0 fully saturated rings. The fourth-order valence-electron chi connectivity index (χ4n) is 1.08. The molecule has 0 bridgehead atoms. The van der Waals surface area contributed by atoms with Crippen LogP contribution in [0.5, 0.6) is 0 Å². The molecular weight excluding hydrogens is 266 g/mol. The average Bonchev–Trinajstić information content (AvgIpc) is 2.26. The lowest BCUT2D eigenvalue weighted by molar-refractivity contribution is 0.520. The van der Waals surface area contributed by atoms with E-state index in [2.05, 4.69) is 0 Å². The van der Waals surface area contributed by atoms with Crippen LogP contribution in [0, 0.1) is 0 Å². The van der Waals surface area contributed by atoms with Gasteiger partial charge < -0.3 is 0 Å². The maximum absolute atomic E-state index is 11.8. The lowest BCUT2D eigenvalue weighted by atomic mass is 10.4. The van der Waals surface area contributed by atoms with Gasteiger partial charge in [0.15, 0.2) is 0 Å². The van der Waals surface area contributed by atoms with Crippen LogP contribution >= 0.6 is 23.4 Å². The highest BCUT2D eigenvalue weighted by Gasteiger charge is 2.16. The second kappa shape index (κ2) is 5.91. The summed E-state index contributed by atoms with van der Waals surface area (Å²) in [6, 6.07) is 6.83. The highest BCUT2D eigenvalue weighted by Crippen LogP contribution is 2.21. The van der Waals surface area contributed by atoms with Crippen LogP contribution in [0.4, 0.5) is 0 Å². The van der Waals surface area contributed by atoms with E-state index in [0.717, 1.165) is 10.6 Å². The number of alkyl halides is 1. The standard InChI is InChI=1S/C10H14ClNO2S2/c1-12(2)16(13,14)10-5-3-9(4-6-10)15-8-7-11/h3-6H,7-8H2,1-2H3. The van der Waals surface area contributed by atoms with Gasteiger partial charge in [0.25, 0.3) is 0 Å². The van der Waals surface area contributed by atoms with Crippen molar-refractivity contribution < 1.29 is 8.42 Å². The van der Waals surface area contributed by atoms with Crippen molar-refractivity contribution in [2.75, 3.05) is 25.7 Å². The van der Waals surface area contributed by atoms with Crippen LogP contribution in [0.1, 0.15) is 0 Å². The predicted octanol–water partition coefficient (Wildman–Crippen LogP) is 2.27. The molecule has 0 heterocycles. The number of halogens is 1. The van der Waals surface area contributed by atoms with Crippen molar-refractivity contribution in [3.8, 4) is 0 Å². The van der Waals surface area contributed by atoms with E-state index in [4.69, 9.17) is 11.6 Å². The normalized spacial score (nSPS) is 12.0. The highest BCUT2D eigenvalue weighted by molar-refractivity contribution is 7.99. The smallest absolute Gasteiger partial charge is 0.207 e. The molecule has 16 heavy (non-hydrogen) atoms. The molecule has 0 atom stereocenters. The minimum Gasteiger partial charge on any atom is -0.207 e. The fourth-order valence-corrected chi connectivity index (χ4v) is 2.85. The zero-order chi connectivity index (χ0) is 12.2. The Morgan fingerprint density at radius 2 is 1.81 bits per heavy atom. The molecule has 0 saturated carbocycles. The quantitative estimate of drug-likeness (QED) is 0.613. The molecule has 0 spiro atoms. The van der Waals surface area contributed by atoms with E-state index in [9.17, 15) is 8.42 Å². The highest BCUT2D eigenvalue weighted by atomic mass is 35.5. The van der Waals surface area contributed by atoms with Gasteiger partial charge in [-0.3, -0.25) is 0 Å². The van der Waals surface area contributed by atoms with Crippen molar-refractivity contribution in [2.45, 2.75) is 9.79 Å². The van der Waals surface area contributed by atoms with Gasteiger partial charge in [-0.2, -0.15) is 0 Å². The first kappa shape index (κ1) is 13.8. The topological polar surface area (TPSA) is 37.4 Å². The van der Waals surface area contributed by atoms with E-state index in [1.54, 1.807) is 36.0 Å². The number of rotatable bonds is 5. The van der Waals surface area contributed by atoms with Crippen LogP contribution in [-0.4, -0.2) is 38.5 Å². The Morgan fingerprint density at radius 3 is 2.25 bits per heavy atom. The minimum absolute atomic E-state index is 0.313. The lowest BCUT2D eigenvalue weighted by Gasteiger charge is -2.11. The summed E-state index contributed by atoms with van der Waals surface area (Å²) >= 11 is 7.18. The Labute approximate surface area is 106 Å². The van der Waals surface area contributed by atoms with Gasteiger partial charge >= 0.3 is 0 Å². The molecule has 90 valence electrons. The summed E-state index contributed by atoms with van der Waals surface area (Å²) in [5, 5.41) is 0. The number of hydrogen-bond donors (Lipinski definition) is 0. The molecule has 1 aromatic carbocycles.